The molecule has 0 amide bonds. The van der Waals surface area contributed by atoms with Crippen molar-refractivity contribution in [2.45, 2.75) is 19.8 Å². The van der Waals surface area contributed by atoms with Crippen LogP contribution >= 0.6 is 0 Å². The van der Waals surface area contributed by atoms with Gasteiger partial charge in [0.25, 0.3) is 0 Å². The summed E-state index contributed by atoms with van der Waals surface area (Å²) in [6, 6.07) is 0. The molecule has 0 heterocycles. The Balaban J connectivity index is 0. The van der Waals surface area contributed by atoms with E-state index in [0.29, 0.717) is 46.2 Å². The Morgan fingerprint density at radius 2 is 1.10 bits per heavy atom. The second-order valence-electron chi connectivity index (χ2n) is 3.90. The van der Waals surface area contributed by atoms with Crippen molar-refractivity contribution < 1.29 is 28.8 Å². The summed E-state index contributed by atoms with van der Waals surface area (Å²) in [6.07, 6.45) is 2.28. The van der Waals surface area contributed by atoms with Crippen LogP contribution in [0.2, 0.25) is 0 Å². The molecule has 0 aromatic carbocycles. The highest BCUT2D eigenvalue weighted by Crippen LogP contribution is 1.87. The van der Waals surface area contributed by atoms with Gasteiger partial charge in [0.15, 0.2) is 0 Å². The molecule has 0 aliphatic carbocycles. The highest BCUT2D eigenvalue weighted by Gasteiger charge is 1.87. The van der Waals surface area contributed by atoms with Gasteiger partial charge >= 0.3 is 0 Å². The molecule has 0 aliphatic heterocycles. The van der Waals surface area contributed by atoms with Crippen LogP contribution in [0.15, 0.2) is 0 Å². The molecule has 0 aromatic rings. The topological polar surface area (TPSA) is 66.4 Å². The largest absolute Gasteiger partial charge is 0.394 e. The smallest absolute Gasteiger partial charge is 0.0701 e. The van der Waals surface area contributed by atoms with Gasteiger partial charge in [-0.15, -0.1) is 0 Å². The number of ether oxygens (including phenoxy) is 5. The number of hydrogen-bond acceptors (Lipinski definition) is 6. The summed E-state index contributed by atoms with van der Waals surface area (Å²) in [4.78, 5) is 0. The van der Waals surface area contributed by atoms with Gasteiger partial charge in [0.2, 0.25) is 0 Å². The van der Waals surface area contributed by atoms with E-state index in [2.05, 4.69) is 6.92 Å². The monoisotopic (exact) mass is 296 g/mol. The van der Waals surface area contributed by atoms with Gasteiger partial charge < -0.3 is 28.8 Å². The van der Waals surface area contributed by atoms with Crippen molar-refractivity contribution in [1.82, 2.24) is 0 Å². The molecule has 0 saturated heterocycles. The fraction of sp³-hybridized carbons (Fsp3) is 1.00. The summed E-state index contributed by atoms with van der Waals surface area (Å²) in [5.74, 6) is 0. The molecule has 0 spiro atoms. The van der Waals surface area contributed by atoms with Gasteiger partial charge in [0.05, 0.1) is 52.9 Å². The van der Waals surface area contributed by atoms with Gasteiger partial charge in [-0.2, -0.15) is 0 Å². The van der Waals surface area contributed by atoms with Crippen LogP contribution in [0.4, 0.5) is 0 Å². The molecule has 0 saturated carbocycles. The summed E-state index contributed by atoms with van der Waals surface area (Å²) in [5, 5.41) is 8.34. The van der Waals surface area contributed by atoms with Crippen LogP contribution in [0.3, 0.4) is 0 Å². The maximum Gasteiger partial charge on any atom is 0.0701 e. The van der Waals surface area contributed by atoms with Crippen molar-refractivity contribution >= 4 is 0 Å². The summed E-state index contributed by atoms with van der Waals surface area (Å²) in [7, 11) is 3.30. The number of hydrogen-bond donors (Lipinski definition) is 1. The Labute approximate surface area is 123 Å². The van der Waals surface area contributed by atoms with Crippen molar-refractivity contribution in [3.8, 4) is 0 Å². The van der Waals surface area contributed by atoms with Crippen molar-refractivity contribution in [2.75, 3.05) is 73.7 Å². The van der Waals surface area contributed by atoms with E-state index in [0.717, 1.165) is 19.4 Å². The molecule has 0 bridgehead atoms. The number of aliphatic hydroxyl groups excluding tert-OH is 1. The highest BCUT2D eigenvalue weighted by molar-refractivity contribution is 4.33. The molecule has 0 aliphatic rings. The fourth-order valence-electron chi connectivity index (χ4n) is 1.02. The molecule has 1 N–H and O–H groups in total. The number of methoxy groups -OCH3 is 2. The van der Waals surface area contributed by atoms with E-state index in [1.165, 1.54) is 0 Å². The van der Waals surface area contributed by atoms with Crippen LogP contribution in [0.1, 0.15) is 19.8 Å². The van der Waals surface area contributed by atoms with E-state index >= 15 is 0 Å². The van der Waals surface area contributed by atoms with Crippen molar-refractivity contribution in [3.05, 3.63) is 0 Å². The lowest BCUT2D eigenvalue weighted by atomic mass is 10.4. The Hall–Kier alpha value is -0.240. The van der Waals surface area contributed by atoms with Crippen LogP contribution < -0.4 is 0 Å². The average molecular weight is 296 g/mol. The third kappa shape index (κ3) is 26.3. The molecule has 0 atom stereocenters. The quantitative estimate of drug-likeness (QED) is 0.484. The predicted octanol–water partition coefficient (Wildman–Crippen LogP) is 1.11. The van der Waals surface area contributed by atoms with Gasteiger partial charge in [0, 0.05) is 20.8 Å². The lowest BCUT2D eigenvalue weighted by molar-refractivity contribution is 0.0324. The Bertz CT molecular complexity index is 132. The van der Waals surface area contributed by atoms with E-state index in [1.54, 1.807) is 14.2 Å². The molecular formula is C14H32O6. The molecule has 6 heteroatoms. The SMILES string of the molecule is CCCCOCCOCCO.COCCOCCOC. The standard InChI is InChI=1S/C8H18O3.C6H14O3/c1-2-3-5-10-7-8-11-6-4-9;1-7-3-5-9-6-4-8-2/h9H,2-8H2,1H3;3-6H2,1-2H3. The first-order valence-corrected chi connectivity index (χ1v) is 7.15. The summed E-state index contributed by atoms with van der Waals surface area (Å²) in [6.45, 7) is 7.30. The van der Waals surface area contributed by atoms with Gasteiger partial charge in [-0.3, -0.25) is 0 Å². The van der Waals surface area contributed by atoms with Crippen LogP contribution in [0.25, 0.3) is 0 Å². The molecule has 0 rings (SSSR count). The predicted molar refractivity (Wildman–Crippen MR) is 78.2 cm³/mol. The Morgan fingerprint density at radius 3 is 1.55 bits per heavy atom. The van der Waals surface area contributed by atoms with Gasteiger partial charge in [-0.05, 0) is 6.42 Å². The first-order chi connectivity index (χ1) is 9.83. The first kappa shape index (κ1) is 22.0. The highest BCUT2D eigenvalue weighted by atomic mass is 16.5. The zero-order valence-corrected chi connectivity index (χ0v) is 13.3. The van der Waals surface area contributed by atoms with Gasteiger partial charge in [-0.25, -0.2) is 0 Å². The minimum atomic E-state index is 0.0922. The summed E-state index contributed by atoms with van der Waals surface area (Å²) < 4.78 is 24.8. The molecule has 0 radical (unpaired) electrons. The first-order valence-electron chi connectivity index (χ1n) is 7.15. The van der Waals surface area contributed by atoms with E-state index in [1.807, 2.05) is 0 Å². The van der Waals surface area contributed by atoms with Gasteiger partial charge in [0.1, 0.15) is 0 Å². The second-order valence-corrected chi connectivity index (χ2v) is 3.90. The van der Waals surface area contributed by atoms with E-state index in [-0.39, 0.29) is 6.61 Å². The van der Waals surface area contributed by atoms with Crippen LogP contribution in [-0.2, 0) is 23.7 Å². The van der Waals surface area contributed by atoms with E-state index in [9.17, 15) is 0 Å². The van der Waals surface area contributed by atoms with Crippen molar-refractivity contribution in [3.63, 3.8) is 0 Å². The zero-order valence-electron chi connectivity index (χ0n) is 13.3. The Morgan fingerprint density at radius 1 is 0.650 bits per heavy atom. The molecule has 0 unspecified atom stereocenters. The average Bonchev–Trinajstić information content (AvgIpc) is 2.47. The summed E-state index contributed by atoms with van der Waals surface area (Å²) in [5.41, 5.74) is 0. The lowest BCUT2D eigenvalue weighted by Gasteiger charge is -2.02. The van der Waals surface area contributed by atoms with Crippen molar-refractivity contribution in [1.29, 1.82) is 0 Å². The lowest BCUT2D eigenvalue weighted by Crippen LogP contribution is -2.07. The number of rotatable bonds is 14. The molecule has 6 nitrogen and oxygen atoms in total. The fourth-order valence-corrected chi connectivity index (χ4v) is 1.02. The molecular weight excluding hydrogens is 264 g/mol. The molecule has 20 heavy (non-hydrogen) atoms. The number of unbranched alkanes of at least 4 members (excludes halogenated alkanes) is 1. The normalized spacial score (nSPS) is 10.2. The zero-order chi connectivity index (χ0) is 15.3. The minimum Gasteiger partial charge on any atom is -0.394 e. The van der Waals surface area contributed by atoms with E-state index in [4.69, 9.17) is 28.8 Å². The van der Waals surface area contributed by atoms with Crippen LogP contribution in [-0.4, -0.2) is 78.8 Å². The third-order valence-electron chi connectivity index (χ3n) is 2.11. The van der Waals surface area contributed by atoms with Gasteiger partial charge in [-0.1, -0.05) is 13.3 Å². The maximum absolute atomic E-state index is 8.34. The van der Waals surface area contributed by atoms with E-state index < -0.39 is 0 Å². The third-order valence-corrected chi connectivity index (χ3v) is 2.11. The molecule has 0 aromatic heterocycles. The van der Waals surface area contributed by atoms with Crippen LogP contribution in [0, 0.1) is 0 Å². The maximum atomic E-state index is 8.34. The molecule has 124 valence electrons. The van der Waals surface area contributed by atoms with Crippen molar-refractivity contribution in [2.24, 2.45) is 0 Å². The minimum absolute atomic E-state index is 0.0922. The summed E-state index contributed by atoms with van der Waals surface area (Å²) >= 11 is 0. The second kappa shape index (κ2) is 23.8. The van der Waals surface area contributed by atoms with Crippen LogP contribution in [0.5, 0.6) is 0 Å². The Kier molecular flexibility index (Phi) is 26.3. The number of aliphatic hydroxyl groups is 1. The molecule has 0 fully saturated rings.